The van der Waals surface area contributed by atoms with E-state index in [9.17, 15) is 4.79 Å². The van der Waals surface area contributed by atoms with Crippen LogP contribution in [0.1, 0.15) is 29.5 Å². The summed E-state index contributed by atoms with van der Waals surface area (Å²) in [4.78, 5) is 19.5. The van der Waals surface area contributed by atoms with Crippen molar-refractivity contribution in [2.45, 2.75) is 49.5 Å². The van der Waals surface area contributed by atoms with E-state index in [4.69, 9.17) is 14.2 Å². The Morgan fingerprint density at radius 1 is 1.08 bits per heavy atom. The molecule has 2 aliphatic rings. The highest BCUT2D eigenvalue weighted by atomic mass is 32.2. The number of amides is 1. The molecule has 188 valence electrons. The number of rotatable bonds is 10. The Bertz CT molecular complexity index is 1140. The smallest absolute Gasteiger partial charge is 0.233 e. The van der Waals surface area contributed by atoms with Gasteiger partial charge < -0.3 is 19.1 Å². The normalized spacial score (nSPS) is 17.1. The first-order valence-corrected chi connectivity index (χ1v) is 13.5. The van der Waals surface area contributed by atoms with Crippen molar-refractivity contribution < 1.29 is 19.0 Å². The van der Waals surface area contributed by atoms with E-state index in [2.05, 4.69) is 29.2 Å². The molecule has 0 unspecified atom stereocenters. The van der Waals surface area contributed by atoms with Gasteiger partial charge in [0.15, 0.2) is 11.5 Å². The first-order valence-electron chi connectivity index (χ1n) is 12.5. The largest absolute Gasteiger partial charge is 0.493 e. The van der Waals surface area contributed by atoms with Crippen LogP contribution in [0.2, 0.25) is 0 Å². The fourth-order valence-corrected chi connectivity index (χ4v) is 5.62. The van der Waals surface area contributed by atoms with Crippen LogP contribution in [-0.4, -0.2) is 54.0 Å². The minimum absolute atomic E-state index is 0.0733. The van der Waals surface area contributed by atoms with Gasteiger partial charge in [-0.1, -0.05) is 48.2 Å². The number of carbonyl (C=O) groups is 1. The van der Waals surface area contributed by atoms with E-state index >= 15 is 0 Å². The Balaban J connectivity index is 1.26. The van der Waals surface area contributed by atoms with Gasteiger partial charge in [0, 0.05) is 38.7 Å². The fraction of sp³-hybridized carbons (Fsp3) is 0.379. The molecular formula is C29H32N2O4S. The minimum Gasteiger partial charge on any atom is -0.493 e. The molecule has 1 saturated heterocycles. The SMILES string of the molecule is COc1cc(CN(C[C@@H]2CCCO2)C(=O)CSc2ccccn2)ccc1OC1Cc2ccccc2C1. The Morgan fingerprint density at radius 3 is 2.58 bits per heavy atom. The fourth-order valence-electron chi connectivity index (χ4n) is 4.86. The number of nitrogens with zero attached hydrogens (tertiary/aromatic N) is 2. The molecule has 0 radical (unpaired) electrons. The Labute approximate surface area is 217 Å². The van der Waals surface area contributed by atoms with Crippen molar-refractivity contribution in [3.8, 4) is 11.5 Å². The summed E-state index contributed by atoms with van der Waals surface area (Å²) in [6, 6.07) is 20.2. The van der Waals surface area contributed by atoms with Crippen LogP contribution in [0.5, 0.6) is 11.5 Å². The molecule has 1 amide bonds. The average Bonchev–Trinajstić information content (AvgIpc) is 3.57. The summed E-state index contributed by atoms with van der Waals surface area (Å²) >= 11 is 1.46. The topological polar surface area (TPSA) is 60.9 Å². The third-order valence-corrected chi connectivity index (χ3v) is 7.62. The predicted octanol–water partition coefficient (Wildman–Crippen LogP) is 4.94. The molecule has 1 aromatic heterocycles. The maximum absolute atomic E-state index is 13.2. The number of benzene rings is 2. The molecule has 3 aromatic rings. The maximum Gasteiger partial charge on any atom is 0.233 e. The first-order chi connectivity index (χ1) is 17.7. The summed E-state index contributed by atoms with van der Waals surface area (Å²) in [5.41, 5.74) is 3.71. The van der Waals surface area contributed by atoms with E-state index in [1.165, 1.54) is 22.9 Å². The highest BCUT2D eigenvalue weighted by molar-refractivity contribution is 7.99. The summed E-state index contributed by atoms with van der Waals surface area (Å²) in [6.45, 7) is 1.84. The van der Waals surface area contributed by atoms with Crippen LogP contribution >= 0.6 is 11.8 Å². The van der Waals surface area contributed by atoms with Gasteiger partial charge in [-0.25, -0.2) is 4.98 Å². The molecule has 7 heteroatoms. The lowest BCUT2D eigenvalue weighted by Gasteiger charge is -2.26. The highest BCUT2D eigenvalue weighted by Gasteiger charge is 2.25. The van der Waals surface area contributed by atoms with Crippen molar-refractivity contribution >= 4 is 17.7 Å². The number of fused-ring (bicyclic) bond motifs is 1. The molecular weight excluding hydrogens is 472 g/mol. The van der Waals surface area contributed by atoms with Gasteiger partial charge in [-0.05, 0) is 53.8 Å². The molecule has 0 N–H and O–H groups in total. The number of pyridine rings is 1. The maximum atomic E-state index is 13.2. The highest BCUT2D eigenvalue weighted by Crippen LogP contribution is 2.33. The molecule has 1 aliphatic carbocycles. The van der Waals surface area contributed by atoms with Crippen LogP contribution in [0.3, 0.4) is 0 Å². The van der Waals surface area contributed by atoms with Gasteiger partial charge in [-0.2, -0.15) is 0 Å². The number of hydrogen-bond acceptors (Lipinski definition) is 6. The Morgan fingerprint density at radius 2 is 1.89 bits per heavy atom. The van der Waals surface area contributed by atoms with Gasteiger partial charge in [0.2, 0.25) is 5.91 Å². The number of methoxy groups -OCH3 is 1. The molecule has 2 aromatic carbocycles. The molecule has 6 nitrogen and oxygen atoms in total. The third kappa shape index (κ3) is 6.20. The molecule has 0 saturated carbocycles. The number of aromatic nitrogens is 1. The number of carbonyl (C=O) groups excluding carboxylic acids is 1. The quantitative estimate of drug-likeness (QED) is 0.365. The van der Waals surface area contributed by atoms with Crippen LogP contribution in [0, 0.1) is 0 Å². The molecule has 1 fully saturated rings. The van der Waals surface area contributed by atoms with Crippen molar-refractivity contribution in [2.75, 3.05) is 26.0 Å². The molecule has 0 bridgehead atoms. The second-order valence-electron chi connectivity index (χ2n) is 9.27. The van der Waals surface area contributed by atoms with Crippen molar-refractivity contribution in [3.05, 3.63) is 83.6 Å². The molecule has 0 spiro atoms. The van der Waals surface area contributed by atoms with Crippen LogP contribution in [0.25, 0.3) is 0 Å². The van der Waals surface area contributed by atoms with E-state index < -0.39 is 0 Å². The van der Waals surface area contributed by atoms with Gasteiger partial charge in [0.1, 0.15) is 6.10 Å². The van der Waals surface area contributed by atoms with Gasteiger partial charge in [0.05, 0.1) is 24.0 Å². The zero-order chi connectivity index (χ0) is 24.7. The number of ether oxygens (including phenoxy) is 3. The number of hydrogen-bond donors (Lipinski definition) is 0. The second kappa shape index (κ2) is 11.8. The standard InChI is InChI=1S/C29H32N2O4S/c1-33-27-15-21(11-12-26(27)35-25-16-22-7-2-3-8-23(22)17-25)18-31(19-24-9-6-14-34-24)29(32)20-36-28-10-4-5-13-30-28/h2-5,7-8,10-13,15,24-25H,6,9,14,16-20H2,1H3/t24-/m0/s1. The van der Waals surface area contributed by atoms with E-state index in [0.717, 1.165) is 48.6 Å². The van der Waals surface area contributed by atoms with Gasteiger partial charge in [-0.3, -0.25) is 4.79 Å². The van der Waals surface area contributed by atoms with Crippen molar-refractivity contribution in [3.63, 3.8) is 0 Å². The molecule has 5 rings (SSSR count). The Kier molecular flexibility index (Phi) is 8.08. The summed E-state index contributed by atoms with van der Waals surface area (Å²) < 4.78 is 17.9. The lowest BCUT2D eigenvalue weighted by Crippen LogP contribution is -2.38. The van der Waals surface area contributed by atoms with E-state index in [-0.39, 0.29) is 18.1 Å². The zero-order valence-corrected chi connectivity index (χ0v) is 21.4. The summed E-state index contributed by atoms with van der Waals surface area (Å²) in [5.74, 6) is 1.84. The molecule has 2 heterocycles. The molecule has 36 heavy (non-hydrogen) atoms. The molecule has 1 aliphatic heterocycles. The van der Waals surface area contributed by atoms with Gasteiger partial charge in [-0.15, -0.1) is 0 Å². The second-order valence-corrected chi connectivity index (χ2v) is 10.3. The van der Waals surface area contributed by atoms with Crippen LogP contribution in [0.4, 0.5) is 0 Å². The predicted molar refractivity (Wildman–Crippen MR) is 141 cm³/mol. The van der Waals surface area contributed by atoms with Crippen molar-refractivity contribution in [2.24, 2.45) is 0 Å². The van der Waals surface area contributed by atoms with E-state index in [1.807, 2.05) is 41.3 Å². The van der Waals surface area contributed by atoms with E-state index in [1.54, 1.807) is 13.3 Å². The lowest BCUT2D eigenvalue weighted by molar-refractivity contribution is -0.130. The average molecular weight is 505 g/mol. The van der Waals surface area contributed by atoms with Crippen molar-refractivity contribution in [1.29, 1.82) is 0 Å². The third-order valence-electron chi connectivity index (χ3n) is 6.69. The van der Waals surface area contributed by atoms with Crippen LogP contribution in [-0.2, 0) is 28.9 Å². The van der Waals surface area contributed by atoms with Crippen LogP contribution < -0.4 is 9.47 Å². The molecule has 1 atom stereocenters. The van der Waals surface area contributed by atoms with Crippen LogP contribution in [0.15, 0.2) is 71.9 Å². The summed E-state index contributed by atoms with van der Waals surface area (Å²) in [5, 5.41) is 0.847. The number of thioether (sulfide) groups is 1. The zero-order valence-electron chi connectivity index (χ0n) is 20.6. The Hall–Kier alpha value is -3.03. The van der Waals surface area contributed by atoms with Gasteiger partial charge in [0.25, 0.3) is 0 Å². The lowest BCUT2D eigenvalue weighted by atomic mass is 10.1. The van der Waals surface area contributed by atoms with E-state index in [0.29, 0.717) is 24.6 Å². The van der Waals surface area contributed by atoms with Gasteiger partial charge >= 0.3 is 0 Å². The first kappa shape index (κ1) is 24.7. The monoisotopic (exact) mass is 504 g/mol. The minimum atomic E-state index is 0.0733. The summed E-state index contributed by atoms with van der Waals surface area (Å²) in [7, 11) is 1.66. The summed E-state index contributed by atoms with van der Waals surface area (Å²) in [6.07, 6.45) is 5.76. The van der Waals surface area contributed by atoms with Crippen molar-refractivity contribution in [1.82, 2.24) is 9.88 Å².